The molecule has 0 aromatic heterocycles. The van der Waals surface area contributed by atoms with Gasteiger partial charge in [0.05, 0.1) is 17.6 Å². The van der Waals surface area contributed by atoms with Gasteiger partial charge < -0.3 is 18.9 Å². The molecule has 30 heavy (non-hydrogen) atoms. The molecule has 0 saturated carbocycles. The van der Waals surface area contributed by atoms with Crippen LogP contribution in [-0.2, 0) is 33.3 Å². The van der Waals surface area contributed by atoms with E-state index < -0.39 is 47.6 Å². The minimum atomic E-state index is -0.915. The number of ether oxygens (including phenoxy) is 4. The fourth-order valence-electron chi connectivity index (χ4n) is 4.39. The fraction of sp³-hybridized carbons (Fsp3) is 0.609. The van der Waals surface area contributed by atoms with Crippen molar-refractivity contribution in [3.8, 4) is 0 Å². The predicted molar refractivity (Wildman–Crippen MR) is 108 cm³/mol. The second kappa shape index (κ2) is 7.78. The van der Waals surface area contributed by atoms with Gasteiger partial charge in [0.2, 0.25) is 0 Å². The van der Waals surface area contributed by atoms with Gasteiger partial charge in [-0.25, -0.2) is 9.59 Å². The van der Waals surface area contributed by atoms with Crippen LogP contribution >= 0.6 is 0 Å². The zero-order chi connectivity index (χ0) is 22.4. The third-order valence-corrected chi connectivity index (χ3v) is 6.09. The Kier molecular flexibility index (Phi) is 5.82. The summed E-state index contributed by atoms with van der Waals surface area (Å²) < 4.78 is 23.6. The molecule has 0 amide bonds. The zero-order valence-electron chi connectivity index (χ0n) is 18.4. The van der Waals surface area contributed by atoms with Crippen molar-refractivity contribution in [2.45, 2.75) is 84.1 Å². The number of carbonyl (C=O) groups excluding carboxylic acids is 3. The van der Waals surface area contributed by atoms with Crippen LogP contribution in [0.3, 0.4) is 0 Å². The Morgan fingerprint density at radius 2 is 1.97 bits per heavy atom. The zero-order valence-corrected chi connectivity index (χ0v) is 18.4. The normalized spacial score (nSPS) is 36.5. The van der Waals surface area contributed by atoms with Gasteiger partial charge in [0.1, 0.15) is 12.2 Å². The Labute approximate surface area is 177 Å². The van der Waals surface area contributed by atoms with Crippen LogP contribution in [0.5, 0.6) is 0 Å². The molecule has 2 fully saturated rings. The largest absolute Gasteiger partial charge is 0.458 e. The van der Waals surface area contributed by atoms with Crippen molar-refractivity contribution in [2.75, 3.05) is 0 Å². The number of fused-ring (bicyclic) bond motifs is 2. The van der Waals surface area contributed by atoms with Crippen LogP contribution in [0.15, 0.2) is 35.5 Å². The molecule has 0 radical (unpaired) electrons. The minimum Gasteiger partial charge on any atom is -0.458 e. The highest BCUT2D eigenvalue weighted by atomic mass is 16.8. The molecule has 0 spiro atoms. The van der Waals surface area contributed by atoms with E-state index in [9.17, 15) is 14.4 Å². The van der Waals surface area contributed by atoms with Crippen LogP contribution in [-0.4, -0.2) is 47.4 Å². The first-order chi connectivity index (χ1) is 13.9. The van der Waals surface area contributed by atoms with Crippen molar-refractivity contribution in [2.24, 2.45) is 5.92 Å². The third-order valence-electron chi connectivity index (χ3n) is 6.09. The van der Waals surface area contributed by atoms with Crippen molar-refractivity contribution in [1.29, 1.82) is 0 Å². The van der Waals surface area contributed by atoms with Gasteiger partial charge in [0.15, 0.2) is 11.6 Å². The molecule has 7 heteroatoms. The standard InChI is InChI=1S/C23H30O7/c1-8-12(2)20(25)28-17-11-23(7)18(29-22(5,6)30-23)10-15(24)13(3)9-16-19(17)14(4)21(26)27-16/h8-9,16-19H,4,10-11H2,1-3,5-7H3/b12-8+,13-9?. The van der Waals surface area contributed by atoms with Crippen molar-refractivity contribution in [3.63, 3.8) is 0 Å². The summed E-state index contributed by atoms with van der Waals surface area (Å²) in [6, 6.07) is 0. The number of hydrogen-bond acceptors (Lipinski definition) is 7. The highest BCUT2D eigenvalue weighted by molar-refractivity contribution is 5.96. The Bertz CT molecular complexity index is 850. The minimum absolute atomic E-state index is 0.111. The summed E-state index contributed by atoms with van der Waals surface area (Å²) >= 11 is 0. The number of esters is 2. The molecule has 0 aromatic rings. The first-order valence-electron chi connectivity index (χ1n) is 10.2. The van der Waals surface area contributed by atoms with E-state index in [4.69, 9.17) is 18.9 Å². The summed E-state index contributed by atoms with van der Waals surface area (Å²) in [5.74, 6) is -2.69. The average Bonchev–Trinajstić information content (AvgIpc) is 3.04. The number of carbonyl (C=O) groups is 3. The maximum absolute atomic E-state index is 12.8. The Hall–Kier alpha value is -2.25. The molecule has 5 unspecified atom stereocenters. The molecular formula is C23H30O7. The van der Waals surface area contributed by atoms with Gasteiger partial charge in [-0.2, -0.15) is 0 Å². The quantitative estimate of drug-likeness (QED) is 0.503. The molecule has 0 N–H and O–H groups in total. The van der Waals surface area contributed by atoms with Gasteiger partial charge >= 0.3 is 11.9 Å². The maximum Gasteiger partial charge on any atom is 0.334 e. The molecule has 2 heterocycles. The topological polar surface area (TPSA) is 88.1 Å². The second-order valence-corrected chi connectivity index (χ2v) is 8.94. The van der Waals surface area contributed by atoms with Crippen LogP contribution in [0, 0.1) is 5.92 Å². The van der Waals surface area contributed by atoms with Crippen molar-refractivity contribution in [3.05, 3.63) is 35.5 Å². The van der Waals surface area contributed by atoms with E-state index in [1.165, 1.54) is 0 Å². The molecule has 3 rings (SSSR count). The summed E-state index contributed by atoms with van der Waals surface area (Å²) in [5, 5.41) is 0. The third kappa shape index (κ3) is 4.14. The number of hydrogen-bond donors (Lipinski definition) is 0. The lowest BCUT2D eigenvalue weighted by atomic mass is 9.79. The first-order valence-corrected chi connectivity index (χ1v) is 10.2. The molecule has 1 aliphatic carbocycles. The summed E-state index contributed by atoms with van der Waals surface area (Å²) in [6.07, 6.45) is 1.60. The molecule has 0 bridgehead atoms. The molecule has 2 saturated heterocycles. The Morgan fingerprint density at radius 3 is 2.60 bits per heavy atom. The molecule has 3 aliphatic rings. The van der Waals surface area contributed by atoms with Gasteiger partial charge in [-0.1, -0.05) is 12.7 Å². The van der Waals surface area contributed by atoms with Crippen molar-refractivity contribution < 1.29 is 33.3 Å². The lowest BCUT2D eigenvalue weighted by molar-refractivity contribution is -0.171. The molecular weight excluding hydrogens is 388 g/mol. The van der Waals surface area contributed by atoms with Gasteiger partial charge in [-0.3, -0.25) is 4.79 Å². The molecule has 0 aromatic carbocycles. The van der Waals surface area contributed by atoms with Crippen molar-refractivity contribution >= 4 is 17.7 Å². The number of allylic oxidation sites excluding steroid dienone is 2. The summed E-state index contributed by atoms with van der Waals surface area (Å²) in [6.45, 7) is 14.4. The monoisotopic (exact) mass is 418 g/mol. The highest BCUT2D eigenvalue weighted by Crippen LogP contribution is 2.45. The summed E-state index contributed by atoms with van der Waals surface area (Å²) in [5.41, 5.74) is 0.209. The maximum atomic E-state index is 12.8. The van der Waals surface area contributed by atoms with Crippen LogP contribution in [0.1, 0.15) is 54.4 Å². The van der Waals surface area contributed by atoms with Crippen molar-refractivity contribution in [1.82, 2.24) is 0 Å². The lowest BCUT2D eigenvalue weighted by Crippen LogP contribution is -2.46. The van der Waals surface area contributed by atoms with E-state index in [-0.39, 0.29) is 24.2 Å². The number of Topliss-reactive ketones (excluding diaryl/α,β-unsaturated/α-hetero) is 1. The predicted octanol–water partition coefficient (Wildman–Crippen LogP) is 3.18. The average molecular weight is 418 g/mol. The fourth-order valence-corrected chi connectivity index (χ4v) is 4.39. The first kappa shape index (κ1) is 22.4. The molecule has 5 atom stereocenters. The van der Waals surface area contributed by atoms with Gasteiger partial charge in [0.25, 0.3) is 0 Å². The van der Waals surface area contributed by atoms with Crippen LogP contribution in [0.2, 0.25) is 0 Å². The van der Waals surface area contributed by atoms with E-state index in [0.29, 0.717) is 11.1 Å². The Morgan fingerprint density at radius 1 is 1.30 bits per heavy atom. The number of rotatable bonds is 2. The molecule has 7 nitrogen and oxygen atoms in total. The second-order valence-electron chi connectivity index (χ2n) is 8.94. The number of ketones is 1. The van der Waals surface area contributed by atoms with E-state index >= 15 is 0 Å². The van der Waals surface area contributed by atoms with Crippen LogP contribution < -0.4 is 0 Å². The molecule has 164 valence electrons. The van der Waals surface area contributed by atoms with E-state index in [0.717, 1.165) is 0 Å². The van der Waals surface area contributed by atoms with E-state index in [1.807, 2.05) is 6.92 Å². The van der Waals surface area contributed by atoms with Gasteiger partial charge in [-0.05, 0) is 53.2 Å². The highest BCUT2D eigenvalue weighted by Gasteiger charge is 2.55. The summed E-state index contributed by atoms with van der Waals surface area (Å²) in [4.78, 5) is 37.7. The SMILES string of the molecule is C=C1C(=O)OC2C=C(C)C(=O)CC3OC(C)(C)OC3(C)CC(OC(=O)/C(C)=C/C)C12. The van der Waals surface area contributed by atoms with Crippen LogP contribution in [0.4, 0.5) is 0 Å². The van der Waals surface area contributed by atoms with Gasteiger partial charge in [0, 0.05) is 24.0 Å². The lowest BCUT2D eigenvalue weighted by Gasteiger charge is -2.36. The van der Waals surface area contributed by atoms with Gasteiger partial charge in [-0.15, -0.1) is 0 Å². The summed E-state index contributed by atoms with van der Waals surface area (Å²) in [7, 11) is 0. The smallest absolute Gasteiger partial charge is 0.334 e. The Balaban J connectivity index is 2.09. The van der Waals surface area contributed by atoms with Crippen LogP contribution in [0.25, 0.3) is 0 Å². The molecule has 2 aliphatic heterocycles. The van der Waals surface area contributed by atoms with E-state index in [2.05, 4.69) is 6.58 Å². The van der Waals surface area contributed by atoms with E-state index in [1.54, 1.807) is 46.8 Å².